The van der Waals surface area contributed by atoms with Gasteiger partial charge in [-0.15, -0.1) is 0 Å². The average Bonchev–Trinajstić information content (AvgIpc) is 2.79. The Kier molecular flexibility index (Phi) is 6.26. The number of sulfonamides is 1. The van der Waals surface area contributed by atoms with E-state index in [2.05, 4.69) is 4.72 Å². The van der Waals surface area contributed by atoms with Gasteiger partial charge in [-0.1, -0.05) is 30.3 Å². The number of hydrogen-bond donors (Lipinski definition) is 1. The molecule has 0 bridgehead atoms. The SMILES string of the molecule is C/C=C/S(=O)(=O)Nc1ccc(Oc2ccc(C)cc2F)c(-c2cn(C)c(=O)c3ccccc23)c1. The molecule has 8 heteroatoms. The number of nitrogens with one attached hydrogen (secondary N) is 1. The minimum Gasteiger partial charge on any atom is -0.454 e. The quantitative estimate of drug-likeness (QED) is 0.384. The Balaban J connectivity index is 1.95. The molecule has 0 fully saturated rings. The number of allylic oxidation sites excluding steroid dienone is 1. The van der Waals surface area contributed by atoms with Gasteiger partial charge < -0.3 is 9.30 Å². The molecule has 0 spiro atoms. The molecule has 0 unspecified atom stereocenters. The second kappa shape index (κ2) is 9.15. The molecule has 0 aliphatic heterocycles. The van der Waals surface area contributed by atoms with Gasteiger partial charge in [0.1, 0.15) is 5.75 Å². The van der Waals surface area contributed by atoms with Crippen molar-refractivity contribution in [2.75, 3.05) is 4.72 Å². The van der Waals surface area contributed by atoms with Crippen molar-refractivity contribution in [1.29, 1.82) is 0 Å². The van der Waals surface area contributed by atoms with Gasteiger partial charge in [-0.2, -0.15) is 0 Å². The van der Waals surface area contributed by atoms with Crippen LogP contribution in [0.25, 0.3) is 21.9 Å². The van der Waals surface area contributed by atoms with Crippen molar-refractivity contribution >= 4 is 26.5 Å². The third-order valence-electron chi connectivity index (χ3n) is 5.24. The fraction of sp³-hybridized carbons (Fsp3) is 0.115. The topological polar surface area (TPSA) is 77.4 Å². The highest BCUT2D eigenvalue weighted by Gasteiger charge is 2.17. The van der Waals surface area contributed by atoms with Crippen molar-refractivity contribution in [3.05, 3.63) is 100 Å². The largest absolute Gasteiger partial charge is 0.454 e. The smallest absolute Gasteiger partial charge is 0.258 e. The standard InChI is InChI=1S/C26H23FN2O4S/c1-4-13-34(31,32)28-18-10-12-24(33-25-11-9-17(2)14-23(25)27)21(15-18)22-16-29(3)26(30)20-8-6-5-7-19(20)22/h4-16,28H,1-3H3/b13-4+. The first-order valence-corrected chi connectivity index (χ1v) is 12.1. The minimum atomic E-state index is -3.71. The molecule has 0 atom stereocenters. The molecule has 0 amide bonds. The molecular formula is C26H23FN2O4S. The molecule has 0 saturated carbocycles. The summed E-state index contributed by atoms with van der Waals surface area (Å²) in [5, 5.41) is 2.21. The zero-order chi connectivity index (χ0) is 24.5. The number of nitrogens with zero attached hydrogens (tertiary/aromatic N) is 1. The molecule has 174 valence electrons. The lowest BCUT2D eigenvalue weighted by molar-refractivity contribution is 0.443. The molecule has 6 nitrogen and oxygen atoms in total. The molecule has 0 aliphatic rings. The number of aryl methyl sites for hydroxylation is 2. The van der Waals surface area contributed by atoms with Crippen molar-refractivity contribution < 1.29 is 17.5 Å². The second-order valence-corrected chi connectivity index (χ2v) is 9.43. The number of aromatic nitrogens is 1. The van der Waals surface area contributed by atoms with Gasteiger partial charge in [0.05, 0.1) is 0 Å². The molecule has 0 saturated heterocycles. The van der Waals surface area contributed by atoms with Crippen LogP contribution in [-0.4, -0.2) is 13.0 Å². The van der Waals surface area contributed by atoms with Crippen LogP contribution in [0.5, 0.6) is 11.5 Å². The summed E-state index contributed by atoms with van der Waals surface area (Å²) in [6.45, 7) is 3.38. The first kappa shape index (κ1) is 23.3. The third kappa shape index (κ3) is 4.72. The van der Waals surface area contributed by atoms with Crippen LogP contribution in [0.2, 0.25) is 0 Å². The Bertz CT molecular complexity index is 1590. The lowest BCUT2D eigenvalue weighted by Gasteiger charge is -2.17. The Morgan fingerprint density at radius 2 is 1.68 bits per heavy atom. The molecule has 3 aromatic carbocycles. The fourth-order valence-electron chi connectivity index (χ4n) is 3.71. The van der Waals surface area contributed by atoms with E-state index in [0.717, 1.165) is 11.0 Å². The maximum absolute atomic E-state index is 14.6. The highest BCUT2D eigenvalue weighted by atomic mass is 32.2. The first-order valence-electron chi connectivity index (χ1n) is 10.5. The predicted octanol–water partition coefficient (Wildman–Crippen LogP) is 5.72. The van der Waals surface area contributed by atoms with Gasteiger partial charge in [-0.3, -0.25) is 9.52 Å². The molecule has 1 aromatic heterocycles. The Labute approximate surface area is 197 Å². The number of ether oxygens (including phenoxy) is 1. The molecule has 1 N–H and O–H groups in total. The molecule has 34 heavy (non-hydrogen) atoms. The summed E-state index contributed by atoms with van der Waals surface area (Å²) in [5.74, 6) is -0.183. The number of fused-ring (bicyclic) bond motifs is 1. The van der Waals surface area contributed by atoms with E-state index in [-0.39, 0.29) is 11.3 Å². The van der Waals surface area contributed by atoms with Crippen molar-refractivity contribution in [2.24, 2.45) is 7.05 Å². The van der Waals surface area contributed by atoms with Crippen LogP contribution in [0, 0.1) is 12.7 Å². The van der Waals surface area contributed by atoms with Crippen molar-refractivity contribution in [3.8, 4) is 22.6 Å². The summed E-state index contributed by atoms with van der Waals surface area (Å²) in [6.07, 6.45) is 3.07. The summed E-state index contributed by atoms with van der Waals surface area (Å²) < 4.78 is 49.0. The number of benzene rings is 3. The van der Waals surface area contributed by atoms with Crippen LogP contribution in [-0.2, 0) is 17.1 Å². The lowest BCUT2D eigenvalue weighted by Crippen LogP contribution is -2.16. The van der Waals surface area contributed by atoms with Gasteiger partial charge in [0.25, 0.3) is 15.6 Å². The van der Waals surface area contributed by atoms with Crippen molar-refractivity contribution in [3.63, 3.8) is 0 Å². The second-order valence-electron chi connectivity index (χ2n) is 7.87. The first-order chi connectivity index (χ1) is 16.2. The van der Waals surface area contributed by atoms with Crippen LogP contribution in [0.4, 0.5) is 10.1 Å². The number of halogens is 1. The van der Waals surface area contributed by atoms with Crippen LogP contribution >= 0.6 is 0 Å². The minimum absolute atomic E-state index is 0.0308. The number of pyridine rings is 1. The highest BCUT2D eigenvalue weighted by Crippen LogP contribution is 2.39. The maximum Gasteiger partial charge on any atom is 0.258 e. The van der Waals surface area contributed by atoms with E-state index < -0.39 is 15.8 Å². The van der Waals surface area contributed by atoms with Crippen LogP contribution < -0.4 is 15.0 Å². The zero-order valence-electron chi connectivity index (χ0n) is 18.9. The molecule has 4 aromatic rings. The van der Waals surface area contributed by atoms with E-state index >= 15 is 0 Å². The van der Waals surface area contributed by atoms with Crippen molar-refractivity contribution in [1.82, 2.24) is 4.57 Å². The van der Waals surface area contributed by atoms with Crippen molar-refractivity contribution in [2.45, 2.75) is 13.8 Å². The fourth-order valence-corrected chi connectivity index (χ4v) is 4.59. The molecule has 4 rings (SSSR count). The zero-order valence-corrected chi connectivity index (χ0v) is 19.7. The van der Waals surface area contributed by atoms with E-state index in [4.69, 9.17) is 4.74 Å². The van der Waals surface area contributed by atoms with E-state index in [9.17, 15) is 17.6 Å². The predicted molar refractivity (Wildman–Crippen MR) is 133 cm³/mol. The van der Waals surface area contributed by atoms with Gasteiger partial charge in [0, 0.05) is 40.9 Å². The van der Waals surface area contributed by atoms with E-state index in [0.29, 0.717) is 33.3 Å². The molecule has 0 radical (unpaired) electrons. The van der Waals surface area contributed by atoms with E-state index in [1.54, 1.807) is 63.5 Å². The molecule has 1 heterocycles. The number of rotatable bonds is 6. The highest BCUT2D eigenvalue weighted by molar-refractivity contribution is 7.95. The molecular weight excluding hydrogens is 455 g/mol. The van der Waals surface area contributed by atoms with Gasteiger partial charge >= 0.3 is 0 Å². The van der Waals surface area contributed by atoms with Crippen LogP contribution in [0.1, 0.15) is 12.5 Å². The Morgan fingerprint density at radius 1 is 0.971 bits per heavy atom. The number of hydrogen-bond acceptors (Lipinski definition) is 4. The Morgan fingerprint density at radius 3 is 2.38 bits per heavy atom. The maximum atomic E-state index is 14.6. The third-order valence-corrected chi connectivity index (χ3v) is 6.39. The van der Waals surface area contributed by atoms with Gasteiger partial charge in [-0.05, 0) is 61.2 Å². The average molecular weight is 479 g/mol. The summed E-state index contributed by atoms with van der Waals surface area (Å²) in [5.41, 5.74) is 2.00. The van der Waals surface area contributed by atoms with Crippen LogP contribution in [0.15, 0.2) is 83.1 Å². The van der Waals surface area contributed by atoms with E-state index in [1.165, 1.54) is 28.8 Å². The van der Waals surface area contributed by atoms with Gasteiger partial charge in [0.15, 0.2) is 11.6 Å². The summed E-state index contributed by atoms with van der Waals surface area (Å²) >= 11 is 0. The Hall–Kier alpha value is -3.91. The normalized spacial score (nSPS) is 11.8. The summed E-state index contributed by atoms with van der Waals surface area (Å²) in [4.78, 5) is 12.7. The van der Waals surface area contributed by atoms with E-state index in [1.807, 2.05) is 6.07 Å². The number of anilines is 1. The summed E-state index contributed by atoms with van der Waals surface area (Å²) in [6, 6.07) is 16.5. The molecule has 0 aliphatic carbocycles. The summed E-state index contributed by atoms with van der Waals surface area (Å²) in [7, 11) is -2.07. The van der Waals surface area contributed by atoms with Gasteiger partial charge in [0.2, 0.25) is 0 Å². The lowest BCUT2D eigenvalue weighted by atomic mass is 9.99. The van der Waals surface area contributed by atoms with Crippen LogP contribution in [0.3, 0.4) is 0 Å². The van der Waals surface area contributed by atoms with Gasteiger partial charge in [-0.25, -0.2) is 12.8 Å². The monoisotopic (exact) mass is 478 g/mol.